The van der Waals surface area contributed by atoms with E-state index in [0.717, 1.165) is 6.42 Å². The number of carbonyl (C=O) groups is 2. The van der Waals surface area contributed by atoms with Crippen molar-refractivity contribution in [3.05, 3.63) is 0 Å². The second-order valence-electron chi connectivity index (χ2n) is 2.60. The molecule has 0 unspecified atom stereocenters. The molecule has 0 aliphatic rings. The summed E-state index contributed by atoms with van der Waals surface area (Å²) in [5.41, 5.74) is 0. The number of methoxy groups -OCH3 is 1. The minimum Gasteiger partial charge on any atom is -0.383 e. The van der Waals surface area contributed by atoms with Crippen LogP contribution in [0.15, 0.2) is 0 Å². The zero-order valence-electron chi connectivity index (χ0n) is 8.34. The lowest BCUT2D eigenvalue weighted by atomic mass is 10.4. The van der Waals surface area contributed by atoms with Gasteiger partial charge in [-0.1, -0.05) is 0 Å². The monoisotopic (exact) mass is 203 g/mol. The van der Waals surface area contributed by atoms with E-state index >= 15 is 0 Å². The van der Waals surface area contributed by atoms with Crippen molar-refractivity contribution in [2.24, 2.45) is 0 Å². The van der Waals surface area contributed by atoms with E-state index < -0.39 is 0 Å². The van der Waals surface area contributed by atoms with Gasteiger partial charge in [-0.3, -0.25) is 4.79 Å². The molecule has 0 aromatic heterocycles. The molecule has 14 heavy (non-hydrogen) atoms. The Morgan fingerprint density at radius 1 is 1.29 bits per heavy atom. The Morgan fingerprint density at radius 3 is 2.64 bits per heavy atom. The minimum absolute atomic E-state index is 0.215. The van der Waals surface area contributed by atoms with E-state index in [1.807, 2.05) is 0 Å². The lowest BCUT2D eigenvalue weighted by Gasteiger charge is -2.06. The van der Waals surface area contributed by atoms with Gasteiger partial charge in [0.2, 0.25) is 6.41 Å². The fourth-order valence-corrected chi connectivity index (χ4v) is 0.780. The maximum atomic E-state index is 11.0. The number of rotatable bonds is 8. The molecular formula is C8H17N3O3. The summed E-state index contributed by atoms with van der Waals surface area (Å²) in [4.78, 5) is 20.8. The van der Waals surface area contributed by atoms with E-state index in [4.69, 9.17) is 4.74 Å². The highest BCUT2D eigenvalue weighted by molar-refractivity contribution is 5.73. The summed E-state index contributed by atoms with van der Waals surface area (Å²) in [5.74, 6) is 0. The van der Waals surface area contributed by atoms with E-state index in [-0.39, 0.29) is 6.03 Å². The number of urea groups is 1. The molecule has 0 heterocycles. The first kappa shape index (κ1) is 12.7. The molecule has 0 aromatic rings. The summed E-state index contributed by atoms with van der Waals surface area (Å²) >= 11 is 0. The topological polar surface area (TPSA) is 79.5 Å². The van der Waals surface area contributed by atoms with E-state index in [0.29, 0.717) is 32.7 Å². The van der Waals surface area contributed by atoms with Crippen LogP contribution in [-0.4, -0.2) is 45.8 Å². The van der Waals surface area contributed by atoms with Gasteiger partial charge in [0.1, 0.15) is 0 Å². The van der Waals surface area contributed by atoms with Crippen LogP contribution in [0.25, 0.3) is 0 Å². The van der Waals surface area contributed by atoms with Gasteiger partial charge in [0.05, 0.1) is 6.61 Å². The smallest absolute Gasteiger partial charge is 0.314 e. The SMILES string of the molecule is COCCNC(=O)NCCCNC=O. The first-order valence-corrected chi connectivity index (χ1v) is 4.49. The number of amides is 3. The number of hydrogen-bond acceptors (Lipinski definition) is 3. The quantitative estimate of drug-likeness (QED) is 0.352. The first-order chi connectivity index (χ1) is 6.81. The largest absolute Gasteiger partial charge is 0.383 e. The van der Waals surface area contributed by atoms with E-state index in [9.17, 15) is 9.59 Å². The molecule has 0 rings (SSSR count). The first-order valence-electron chi connectivity index (χ1n) is 4.49. The summed E-state index contributed by atoms with van der Waals surface area (Å²) < 4.78 is 4.76. The number of nitrogens with one attached hydrogen (secondary N) is 3. The third-order valence-electron chi connectivity index (χ3n) is 1.46. The van der Waals surface area contributed by atoms with Gasteiger partial charge < -0.3 is 20.7 Å². The lowest BCUT2D eigenvalue weighted by Crippen LogP contribution is -2.38. The third kappa shape index (κ3) is 8.79. The van der Waals surface area contributed by atoms with Gasteiger partial charge in [0.25, 0.3) is 0 Å². The van der Waals surface area contributed by atoms with Crippen molar-refractivity contribution in [3.8, 4) is 0 Å². The van der Waals surface area contributed by atoms with Crippen LogP contribution in [0.4, 0.5) is 4.79 Å². The van der Waals surface area contributed by atoms with Crippen LogP contribution in [-0.2, 0) is 9.53 Å². The maximum Gasteiger partial charge on any atom is 0.314 e. The van der Waals surface area contributed by atoms with Crippen LogP contribution in [0.1, 0.15) is 6.42 Å². The number of carbonyl (C=O) groups excluding carboxylic acids is 2. The van der Waals surface area contributed by atoms with E-state index in [1.54, 1.807) is 7.11 Å². The van der Waals surface area contributed by atoms with Gasteiger partial charge in [-0.2, -0.15) is 0 Å². The Hall–Kier alpha value is -1.30. The minimum atomic E-state index is -0.215. The molecule has 0 spiro atoms. The molecular weight excluding hydrogens is 186 g/mol. The molecule has 0 fully saturated rings. The zero-order valence-corrected chi connectivity index (χ0v) is 8.34. The molecule has 3 N–H and O–H groups in total. The summed E-state index contributed by atoms with van der Waals surface area (Å²) in [6, 6.07) is -0.215. The molecule has 0 aliphatic carbocycles. The standard InChI is InChI=1S/C8H17N3O3/c1-14-6-5-11-8(13)10-4-2-3-9-7-12/h7H,2-6H2,1H3,(H,9,12)(H2,10,11,13). The lowest BCUT2D eigenvalue weighted by molar-refractivity contribution is -0.109. The average Bonchev–Trinajstić information content (AvgIpc) is 2.18. The van der Waals surface area contributed by atoms with Crippen LogP contribution in [0.3, 0.4) is 0 Å². The zero-order chi connectivity index (χ0) is 10.6. The van der Waals surface area contributed by atoms with Crippen LogP contribution in [0.2, 0.25) is 0 Å². The van der Waals surface area contributed by atoms with E-state index in [2.05, 4.69) is 16.0 Å². The van der Waals surface area contributed by atoms with E-state index in [1.165, 1.54) is 0 Å². The molecule has 0 bridgehead atoms. The molecule has 6 heteroatoms. The molecule has 0 aliphatic heterocycles. The summed E-state index contributed by atoms with van der Waals surface area (Å²) in [6.07, 6.45) is 1.36. The van der Waals surface area contributed by atoms with Crippen LogP contribution in [0.5, 0.6) is 0 Å². The Morgan fingerprint density at radius 2 is 2.00 bits per heavy atom. The maximum absolute atomic E-state index is 11.0. The van der Waals surface area contributed by atoms with Crippen molar-refractivity contribution in [3.63, 3.8) is 0 Å². The fourth-order valence-electron chi connectivity index (χ4n) is 0.780. The van der Waals surface area contributed by atoms with Gasteiger partial charge in [-0.15, -0.1) is 0 Å². The summed E-state index contributed by atoms with van der Waals surface area (Å²) in [5, 5.41) is 7.75. The highest BCUT2D eigenvalue weighted by atomic mass is 16.5. The van der Waals surface area contributed by atoms with Crippen LogP contribution in [0, 0.1) is 0 Å². The predicted molar refractivity (Wildman–Crippen MR) is 52.0 cm³/mol. The Kier molecular flexibility index (Phi) is 8.88. The number of ether oxygens (including phenoxy) is 1. The van der Waals surface area contributed by atoms with Gasteiger partial charge in [0.15, 0.2) is 0 Å². The van der Waals surface area contributed by atoms with Crippen molar-refractivity contribution in [2.45, 2.75) is 6.42 Å². The molecule has 0 radical (unpaired) electrons. The second-order valence-corrected chi connectivity index (χ2v) is 2.60. The highest BCUT2D eigenvalue weighted by Crippen LogP contribution is 1.73. The summed E-state index contributed by atoms with van der Waals surface area (Å²) in [6.45, 7) is 2.11. The van der Waals surface area contributed by atoms with Gasteiger partial charge in [-0.05, 0) is 6.42 Å². The molecule has 3 amide bonds. The van der Waals surface area contributed by atoms with Gasteiger partial charge >= 0.3 is 6.03 Å². The molecule has 0 aromatic carbocycles. The molecule has 0 atom stereocenters. The molecule has 6 nitrogen and oxygen atoms in total. The second kappa shape index (κ2) is 9.79. The number of hydrogen-bond donors (Lipinski definition) is 3. The van der Waals surface area contributed by atoms with Crippen molar-refractivity contribution in [2.75, 3.05) is 33.4 Å². The fraction of sp³-hybridized carbons (Fsp3) is 0.750. The normalized spacial score (nSPS) is 9.21. The van der Waals surface area contributed by atoms with Crippen LogP contribution >= 0.6 is 0 Å². The molecule has 82 valence electrons. The predicted octanol–water partition coefficient (Wildman–Crippen LogP) is -0.932. The van der Waals surface area contributed by atoms with Gasteiger partial charge in [-0.25, -0.2) is 4.79 Å². The van der Waals surface area contributed by atoms with Crippen molar-refractivity contribution >= 4 is 12.4 Å². The highest BCUT2D eigenvalue weighted by Gasteiger charge is 1.96. The van der Waals surface area contributed by atoms with Crippen molar-refractivity contribution in [1.29, 1.82) is 0 Å². The molecule has 0 saturated heterocycles. The Balaban J connectivity index is 3.14. The Bertz CT molecular complexity index is 164. The average molecular weight is 203 g/mol. The van der Waals surface area contributed by atoms with Crippen molar-refractivity contribution in [1.82, 2.24) is 16.0 Å². The molecule has 0 saturated carbocycles. The summed E-state index contributed by atoms with van der Waals surface area (Å²) in [7, 11) is 1.57. The van der Waals surface area contributed by atoms with Crippen molar-refractivity contribution < 1.29 is 14.3 Å². The van der Waals surface area contributed by atoms with Crippen LogP contribution < -0.4 is 16.0 Å². The third-order valence-corrected chi connectivity index (χ3v) is 1.46. The van der Waals surface area contributed by atoms with Gasteiger partial charge in [0, 0.05) is 26.7 Å². The Labute approximate surface area is 83.4 Å².